The van der Waals surface area contributed by atoms with E-state index in [4.69, 9.17) is 4.74 Å². The fourth-order valence-electron chi connectivity index (χ4n) is 2.59. The van der Waals surface area contributed by atoms with Gasteiger partial charge < -0.3 is 10.1 Å². The second kappa shape index (κ2) is 8.43. The lowest BCUT2D eigenvalue weighted by molar-refractivity contribution is -0.145. The first-order valence-electron chi connectivity index (χ1n) is 8.43. The quantitative estimate of drug-likeness (QED) is 0.636. The Kier molecular flexibility index (Phi) is 6.28. The Labute approximate surface area is 153 Å². The molecule has 0 spiro atoms. The maximum Gasteiger partial charge on any atom is 0.310 e. The number of rotatable bonds is 6. The predicted molar refractivity (Wildman–Crippen MR) is 100 cm³/mol. The summed E-state index contributed by atoms with van der Waals surface area (Å²) in [6, 6.07) is 12.5. The van der Waals surface area contributed by atoms with E-state index in [1.807, 2.05) is 32.0 Å². The zero-order chi connectivity index (χ0) is 19.3. The summed E-state index contributed by atoms with van der Waals surface area (Å²) in [6.07, 6.45) is -0.785. The van der Waals surface area contributed by atoms with E-state index < -0.39 is 12.1 Å². The standard InChI is InChI=1S/C21H23NO4/c1-13-5-6-14(2)19(11-13)21(25)15(3)26-20(24)12-17-7-9-18(10-8-17)22-16(4)23/h5-11,15H,12H2,1-4H3,(H,22,23)/t15-/m1/s1. The van der Waals surface area contributed by atoms with E-state index >= 15 is 0 Å². The molecule has 1 amide bonds. The molecule has 0 fully saturated rings. The highest BCUT2D eigenvalue weighted by molar-refractivity contribution is 6.01. The number of hydrogen-bond acceptors (Lipinski definition) is 4. The second-order valence-corrected chi connectivity index (χ2v) is 6.37. The Morgan fingerprint density at radius 1 is 1.04 bits per heavy atom. The summed E-state index contributed by atoms with van der Waals surface area (Å²) in [5.41, 5.74) is 3.82. The average Bonchev–Trinajstić information content (AvgIpc) is 2.57. The van der Waals surface area contributed by atoms with Gasteiger partial charge in [0, 0.05) is 18.2 Å². The van der Waals surface area contributed by atoms with Crippen molar-refractivity contribution in [1.29, 1.82) is 0 Å². The first-order valence-corrected chi connectivity index (χ1v) is 8.43. The molecule has 5 heteroatoms. The molecule has 0 saturated carbocycles. The van der Waals surface area contributed by atoms with Gasteiger partial charge in [0.15, 0.2) is 6.10 Å². The van der Waals surface area contributed by atoms with E-state index in [-0.39, 0.29) is 18.1 Å². The van der Waals surface area contributed by atoms with Gasteiger partial charge >= 0.3 is 5.97 Å². The second-order valence-electron chi connectivity index (χ2n) is 6.37. The number of benzene rings is 2. The molecular weight excluding hydrogens is 330 g/mol. The number of Topliss-reactive ketones (excluding diaryl/α,β-unsaturated/α-hetero) is 1. The van der Waals surface area contributed by atoms with Crippen LogP contribution in [0.1, 0.15) is 40.9 Å². The molecule has 0 unspecified atom stereocenters. The van der Waals surface area contributed by atoms with Crippen molar-refractivity contribution in [1.82, 2.24) is 0 Å². The van der Waals surface area contributed by atoms with Crippen LogP contribution in [0.2, 0.25) is 0 Å². The van der Waals surface area contributed by atoms with Crippen LogP contribution in [-0.2, 0) is 20.7 Å². The molecule has 1 N–H and O–H groups in total. The number of carbonyl (C=O) groups is 3. The molecule has 2 aromatic rings. The molecule has 0 heterocycles. The summed E-state index contributed by atoms with van der Waals surface area (Å²) in [6.45, 7) is 6.79. The molecule has 0 saturated heterocycles. The molecule has 136 valence electrons. The molecule has 1 atom stereocenters. The number of esters is 1. The normalized spacial score (nSPS) is 11.5. The van der Waals surface area contributed by atoms with Gasteiger partial charge in [0.25, 0.3) is 0 Å². The lowest BCUT2D eigenvalue weighted by Crippen LogP contribution is -2.26. The monoisotopic (exact) mass is 353 g/mol. The van der Waals surface area contributed by atoms with E-state index in [0.29, 0.717) is 11.3 Å². The van der Waals surface area contributed by atoms with Crippen molar-refractivity contribution in [3.8, 4) is 0 Å². The van der Waals surface area contributed by atoms with Crippen LogP contribution in [0.5, 0.6) is 0 Å². The Morgan fingerprint density at radius 2 is 1.69 bits per heavy atom. The lowest BCUT2D eigenvalue weighted by Gasteiger charge is -2.14. The fourth-order valence-corrected chi connectivity index (χ4v) is 2.59. The van der Waals surface area contributed by atoms with E-state index in [1.165, 1.54) is 6.92 Å². The average molecular weight is 353 g/mol. The third-order valence-corrected chi connectivity index (χ3v) is 3.96. The molecule has 2 rings (SSSR count). The van der Waals surface area contributed by atoms with Gasteiger partial charge in [-0.3, -0.25) is 14.4 Å². The van der Waals surface area contributed by atoms with Crippen LogP contribution >= 0.6 is 0 Å². The van der Waals surface area contributed by atoms with Crippen LogP contribution in [0.4, 0.5) is 5.69 Å². The molecule has 0 aliphatic heterocycles. The van der Waals surface area contributed by atoms with Gasteiger partial charge in [0.2, 0.25) is 11.7 Å². The Hall–Kier alpha value is -2.95. The van der Waals surface area contributed by atoms with E-state index in [0.717, 1.165) is 16.7 Å². The molecule has 0 aliphatic rings. The summed E-state index contributed by atoms with van der Waals surface area (Å²) in [5, 5.41) is 2.66. The number of ether oxygens (including phenoxy) is 1. The highest BCUT2D eigenvalue weighted by Crippen LogP contribution is 2.15. The van der Waals surface area contributed by atoms with Crippen molar-refractivity contribution in [2.45, 2.75) is 40.2 Å². The number of carbonyl (C=O) groups excluding carboxylic acids is 3. The number of amides is 1. The number of anilines is 1. The molecule has 0 aliphatic carbocycles. The SMILES string of the molecule is CC(=O)Nc1ccc(CC(=O)O[C@H](C)C(=O)c2cc(C)ccc2C)cc1. The van der Waals surface area contributed by atoms with E-state index in [1.54, 1.807) is 31.2 Å². The Morgan fingerprint density at radius 3 is 2.31 bits per heavy atom. The van der Waals surface area contributed by atoms with Gasteiger partial charge in [0.1, 0.15) is 0 Å². The fraction of sp³-hybridized carbons (Fsp3) is 0.286. The van der Waals surface area contributed by atoms with E-state index in [9.17, 15) is 14.4 Å². The third kappa shape index (κ3) is 5.28. The summed E-state index contributed by atoms with van der Waals surface area (Å²) in [5.74, 6) is -0.833. The summed E-state index contributed by atoms with van der Waals surface area (Å²) in [7, 11) is 0. The Bertz CT molecular complexity index is 824. The molecule has 5 nitrogen and oxygen atoms in total. The lowest BCUT2D eigenvalue weighted by atomic mass is 9.99. The number of aryl methyl sites for hydroxylation is 2. The topological polar surface area (TPSA) is 72.5 Å². The van der Waals surface area contributed by atoms with Crippen molar-refractivity contribution >= 4 is 23.3 Å². The van der Waals surface area contributed by atoms with Crippen LogP contribution in [0, 0.1) is 13.8 Å². The molecule has 26 heavy (non-hydrogen) atoms. The zero-order valence-corrected chi connectivity index (χ0v) is 15.5. The van der Waals surface area contributed by atoms with Crippen LogP contribution in [0.25, 0.3) is 0 Å². The minimum atomic E-state index is -0.846. The van der Waals surface area contributed by atoms with Crippen molar-refractivity contribution in [2.75, 3.05) is 5.32 Å². The number of hydrogen-bond donors (Lipinski definition) is 1. The van der Waals surface area contributed by atoms with Crippen LogP contribution < -0.4 is 5.32 Å². The zero-order valence-electron chi connectivity index (χ0n) is 15.5. The van der Waals surface area contributed by atoms with Crippen LogP contribution in [0.3, 0.4) is 0 Å². The maximum absolute atomic E-state index is 12.5. The van der Waals surface area contributed by atoms with Gasteiger partial charge in [-0.2, -0.15) is 0 Å². The molecule has 0 bridgehead atoms. The van der Waals surface area contributed by atoms with Crippen molar-refractivity contribution in [3.63, 3.8) is 0 Å². The Balaban J connectivity index is 1.97. The summed E-state index contributed by atoms with van der Waals surface area (Å²) >= 11 is 0. The van der Waals surface area contributed by atoms with Gasteiger partial charge in [0.05, 0.1) is 6.42 Å². The van der Waals surface area contributed by atoms with Gasteiger partial charge in [-0.25, -0.2) is 0 Å². The van der Waals surface area contributed by atoms with Gasteiger partial charge in [-0.05, 0) is 50.1 Å². The summed E-state index contributed by atoms with van der Waals surface area (Å²) < 4.78 is 5.30. The minimum Gasteiger partial charge on any atom is -0.454 e. The predicted octanol–water partition coefficient (Wildman–Crippen LogP) is 3.62. The maximum atomic E-state index is 12.5. The van der Waals surface area contributed by atoms with Crippen molar-refractivity contribution < 1.29 is 19.1 Å². The molecule has 2 aromatic carbocycles. The van der Waals surface area contributed by atoms with Crippen molar-refractivity contribution in [2.24, 2.45) is 0 Å². The van der Waals surface area contributed by atoms with Gasteiger partial charge in [-0.15, -0.1) is 0 Å². The minimum absolute atomic E-state index is 0.0603. The number of nitrogens with one attached hydrogen (secondary N) is 1. The first-order chi connectivity index (χ1) is 12.3. The van der Waals surface area contributed by atoms with Crippen LogP contribution in [0.15, 0.2) is 42.5 Å². The van der Waals surface area contributed by atoms with Gasteiger partial charge in [-0.1, -0.05) is 29.8 Å². The molecule has 0 radical (unpaired) electrons. The first kappa shape index (κ1) is 19.4. The molecular formula is C21H23NO4. The number of ketones is 1. The van der Waals surface area contributed by atoms with E-state index in [2.05, 4.69) is 5.32 Å². The van der Waals surface area contributed by atoms with Crippen LogP contribution in [-0.4, -0.2) is 23.8 Å². The summed E-state index contributed by atoms with van der Waals surface area (Å²) in [4.78, 5) is 35.7. The smallest absolute Gasteiger partial charge is 0.310 e. The largest absolute Gasteiger partial charge is 0.454 e. The van der Waals surface area contributed by atoms with Crippen molar-refractivity contribution in [3.05, 3.63) is 64.7 Å². The highest BCUT2D eigenvalue weighted by Gasteiger charge is 2.21. The highest BCUT2D eigenvalue weighted by atomic mass is 16.5. The molecule has 0 aromatic heterocycles. The third-order valence-electron chi connectivity index (χ3n) is 3.96.